The Balaban J connectivity index is 3.31. The summed E-state index contributed by atoms with van der Waals surface area (Å²) in [6.07, 6.45) is 0.262. The van der Waals surface area contributed by atoms with Gasteiger partial charge in [-0.2, -0.15) is 0 Å². The minimum atomic E-state index is -3.91. The van der Waals surface area contributed by atoms with Crippen molar-refractivity contribution in [1.29, 1.82) is 0 Å². The summed E-state index contributed by atoms with van der Waals surface area (Å²) in [5.74, 6) is 0. The molecule has 0 aliphatic heterocycles. The summed E-state index contributed by atoms with van der Waals surface area (Å²) in [7, 11) is -0.678. The van der Waals surface area contributed by atoms with Crippen LogP contribution in [0, 0.1) is 0 Å². The predicted molar refractivity (Wildman–Crippen MR) is 54.3 cm³/mol. The van der Waals surface area contributed by atoms with Crippen LogP contribution in [0.2, 0.25) is 0 Å². The van der Waals surface area contributed by atoms with Gasteiger partial charge in [0.25, 0.3) is 10.0 Å². The molecule has 1 aromatic rings. The number of hydrogen-bond donors (Lipinski definition) is 2. The maximum Gasteiger partial charge on any atom is 0.255 e. The van der Waals surface area contributed by atoms with E-state index in [1.165, 1.54) is 23.2 Å². The maximum atomic E-state index is 11.2. The lowest BCUT2D eigenvalue weighted by molar-refractivity contribution is 0.0365. The first kappa shape index (κ1) is 12.1. The summed E-state index contributed by atoms with van der Waals surface area (Å²) in [6, 6.07) is 3.01. The van der Waals surface area contributed by atoms with Crippen LogP contribution < -0.4 is 5.14 Å². The van der Waals surface area contributed by atoms with Gasteiger partial charge in [0.2, 0.25) is 0 Å². The van der Waals surface area contributed by atoms with Gasteiger partial charge in [-0.25, -0.2) is 18.5 Å². The summed E-state index contributed by atoms with van der Waals surface area (Å²) in [5.41, 5.74) is 0.171. The quantitative estimate of drug-likeness (QED) is 0.669. The average molecular weight is 231 g/mol. The third-order valence-electron chi connectivity index (χ3n) is 1.84. The van der Waals surface area contributed by atoms with Gasteiger partial charge in [-0.05, 0) is 20.2 Å². The second kappa shape index (κ2) is 4.23. The van der Waals surface area contributed by atoms with Crippen LogP contribution in [-0.4, -0.2) is 37.5 Å². The highest BCUT2D eigenvalue weighted by Gasteiger charge is 2.21. The SMILES string of the molecule is CN(C)C(O)c1cccnc1S(N)(=O)=O. The summed E-state index contributed by atoms with van der Waals surface area (Å²) in [4.78, 5) is 5.10. The zero-order valence-electron chi connectivity index (χ0n) is 8.45. The van der Waals surface area contributed by atoms with Crippen molar-refractivity contribution in [3.8, 4) is 0 Å². The molecule has 1 heterocycles. The van der Waals surface area contributed by atoms with Crippen LogP contribution in [0.15, 0.2) is 23.4 Å². The van der Waals surface area contributed by atoms with E-state index in [9.17, 15) is 13.5 Å². The molecule has 0 radical (unpaired) electrons. The van der Waals surface area contributed by atoms with Gasteiger partial charge in [0.15, 0.2) is 5.03 Å². The van der Waals surface area contributed by atoms with Gasteiger partial charge in [0.05, 0.1) is 0 Å². The molecule has 3 N–H and O–H groups in total. The standard InChI is InChI=1S/C8H13N3O3S/c1-11(2)8(12)6-4-3-5-10-7(6)15(9,13)14/h3-5,8,12H,1-2H3,(H2,9,13,14). The van der Waals surface area contributed by atoms with Crippen molar-refractivity contribution in [2.75, 3.05) is 14.1 Å². The first-order valence-electron chi connectivity index (χ1n) is 4.16. The van der Waals surface area contributed by atoms with E-state index < -0.39 is 16.3 Å². The van der Waals surface area contributed by atoms with Crippen LogP contribution >= 0.6 is 0 Å². The van der Waals surface area contributed by atoms with Crippen molar-refractivity contribution < 1.29 is 13.5 Å². The highest BCUT2D eigenvalue weighted by Crippen LogP contribution is 2.20. The summed E-state index contributed by atoms with van der Waals surface area (Å²) >= 11 is 0. The van der Waals surface area contributed by atoms with Crippen LogP contribution in [0.5, 0.6) is 0 Å². The van der Waals surface area contributed by atoms with Gasteiger partial charge in [0.1, 0.15) is 6.23 Å². The Bertz CT molecular complexity index is 444. The molecule has 0 aliphatic carbocycles. The van der Waals surface area contributed by atoms with Crippen molar-refractivity contribution in [3.05, 3.63) is 23.9 Å². The largest absolute Gasteiger partial charge is 0.374 e. The van der Waals surface area contributed by atoms with E-state index in [4.69, 9.17) is 5.14 Å². The molecule has 0 fully saturated rings. The van der Waals surface area contributed by atoms with Crippen LogP contribution in [0.3, 0.4) is 0 Å². The molecular formula is C8H13N3O3S. The molecule has 1 unspecified atom stereocenters. The molecule has 0 spiro atoms. The highest BCUT2D eigenvalue weighted by molar-refractivity contribution is 7.89. The Morgan fingerprint density at radius 2 is 2.13 bits per heavy atom. The average Bonchev–Trinajstić information content (AvgIpc) is 2.15. The van der Waals surface area contributed by atoms with Crippen LogP contribution in [-0.2, 0) is 10.0 Å². The minimum Gasteiger partial charge on any atom is -0.374 e. The third kappa shape index (κ3) is 2.72. The van der Waals surface area contributed by atoms with Crippen molar-refractivity contribution in [2.24, 2.45) is 5.14 Å². The molecule has 0 aromatic carbocycles. The van der Waals surface area contributed by atoms with Crippen LogP contribution in [0.4, 0.5) is 0 Å². The molecule has 1 aromatic heterocycles. The zero-order chi connectivity index (χ0) is 11.6. The second-order valence-electron chi connectivity index (χ2n) is 3.28. The normalized spacial score (nSPS) is 14.2. The van der Waals surface area contributed by atoms with Gasteiger partial charge in [-0.1, -0.05) is 6.07 Å². The van der Waals surface area contributed by atoms with Crippen molar-refractivity contribution in [2.45, 2.75) is 11.3 Å². The molecule has 0 saturated carbocycles. The van der Waals surface area contributed by atoms with Gasteiger partial charge in [-0.3, -0.25) is 4.90 Å². The second-order valence-corrected chi connectivity index (χ2v) is 4.76. The van der Waals surface area contributed by atoms with Crippen LogP contribution in [0.25, 0.3) is 0 Å². The van der Waals surface area contributed by atoms with E-state index in [1.54, 1.807) is 14.1 Å². The fourth-order valence-corrected chi connectivity index (χ4v) is 1.83. The van der Waals surface area contributed by atoms with Crippen LogP contribution in [0.1, 0.15) is 11.8 Å². The Kier molecular flexibility index (Phi) is 3.40. The molecule has 0 amide bonds. The van der Waals surface area contributed by atoms with Gasteiger partial charge < -0.3 is 5.11 Å². The number of sulfonamides is 1. The lowest BCUT2D eigenvalue weighted by atomic mass is 10.2. The number of pyridine rings is 1. The number of primary sulfonamides is 1. The predicted octanol–water partition coefficient (Wildman–Crippen LogP) is -0.718. The summed E-state index contributed by atoms with van der Waals surface area (Å²) in [5, 5.41) is 14.4. The number of aliphatic hydroxyl groups excluding tert-OH is 1. The van der Waals surface area contributed by atoms with E-state index in [-0.39, 0.29) is 10.6 Å². The van der Waals surface area contributed by atoms with E-state index in [1.807, 2.05) is 0 Å². The van der Waals surface area contributed by atoms with Crippen molar-refractivity contribution >= 4 is 10.0 Å². The molecule has 7 heteroatoms. The molecule has 1 rings (SSSR count). The minimum absolute atomic E-state index is 0.171. The highest BCUT2D eigenvalue weighted by atomic mass is 32.2. The first-order chi connectivity index (χ1) is 6.84. The molecule has 84 valence electrons. The molecular weight excluding hydrogens is 218 g/mol. The number of aromatic nitrogens is 1. The molecule has 0 aliphatic rings. The molecule has 0 saturated heterocycles. The Morgan fingerprint density at radius 3 is 2.60 bits per heavy atom. The number of aliphatic hydroxyl groups is 1. The zero-order valence-corrected chi connectivity index (χ0v) is 9.27. The Morgan fingerprint density at radius 1 is 1.53 bits per heavy atom. The Labute approximate surface area is 88.4 Å². The topological polar surface area (TPSA) is 96.5 Å². The van der Waals surface area contributed by atoms with Crippen molar-refractivity contribution in [3.63, 3.8) is 0 Å². The van der Waals surface area contributed by atoms with Gasteiger partial charge in [-0.15, -0.1) is 0 Å². The first-order valence-corrected chi connectivity index (χ1v) is 5.71. The summed E-state index contributed by atoms with van der Waals surface area (Å²) < 4.78 is 22.3. The fraction of sp³-hybridized carbons (Fsp3) is 0.375. The molecule has 1 atom stereocenters. The molecule has 0 bridgehead atoms. The lowest BCUT2D eigenvalue weighted by Crippen LogP contribution is -2.24. The number of nitrogens with two attached hydrogens (primary N) is 1. The lowest BCUT2D eigenvalue weighted by Gasteiger charge is -2.19. The molecule has 6 nitrogen and oxygen atoms in total. The van der Waals surface area contributed by atoms with E-state index >= 15 is 0 Å². The number of rotatable bonds is 3. The molecule has 15 heavy (non-hydrogen) atoms. The summed E-state index contributed by atoms with van der Waals surface area (Å²) in [6.45, 7) is 0. The Hall–Kier alpha value is -1.02. The maximum absolute atomic E-state index is 11.2. The fourth-order valence-electron chi connectivity index (χ4n) is 1.12. The van der Waals surface area contributed by atoms with Crippen molar-refractivity contribution in [1.82, 2.24) is 9.88 Å². The van der Waals surface area contributed by atoms with Gasteiger partial charge in [0, 0.05) is 11.8 Å². The van der Waals surface area contributed by atoms with E-state index in [0.29, 0.717) is 0 Å². The monoisotopic (exact) mass is 231 g/mol. The number of hydrogen-bond acceptors (Lipinski definition) is 5. The smallest absolute Gasteiger partial charge is 0.255 e. The van der Waals surface area contributed by atoms with Gasteiger partial charge >= 0.3 is 0 Å². The van der Waals surface area contributed by atoms with E-state index in [0.717, 1.165) is 0 Å². The van der Waals surface area contributed by atoms with E-state index in [2.05, 4.69) is 4.98 Å². The number of nitrogens with zero attached hydrogens (tertiary/aromatic N) is 2. The third-order valence-corrected chi connectivity index (χ3v) is 2.72.